The molecule has 0 aliphatic heterocycles. The molecule has 0 radical (unpaired) electrons. The van der Waals surface area contributed by atoms with Crippen LogP contribution in [0.2, 0.25) is 0 Å². The fraction of sp³-hybridized carbons (Fsp3) is 0.250. The first kappa shape index (κ1) is 9.47. The van der Waals surface area contributed by atoms with Crippen molar-refractivity contribution in [3.63, 3.8) is 0 Å². The number of nitro groups is 1. The largest absolute Gasteiger partial charge is 0.338 e. The minimum absolute atomic E-state index is 0.0313. The van der Waals surface area contributed by atoms with Crippen LogP contribution in [0.5, 0.6) is 5.75 Å². The molecule has 0 bridgehead atoms. The Morgan fingerprint density at radius 3 is 2.46 bits per heavy atom. The predicted molar refractivity (Wildman–Crippen MR) is 45.4 cm³/mol. The summed E-state index contributed by atoms with van der Waals surface area (Å²) in [6.07, 6.45) is 0. The number of non-ortho nitro benzene ring substituents is 1. The molecule has 5 nitrogen and oxygen atoms in total. The first-order chi connectivity index (χ1) is 6.24. The Kier molecular flexibility index (Phi) is 3.22. The van der Waals surface area contributed by atoms with Crippen LogP contribution in [-0.2, 0) is 4.89 Å². The van der Waals surface area contributed by atoms with E-state index in [-0.39, 0.29) is 5.69 Å². The highest BCUT2D eigenvalue weighted by atomic mass is 17.2. The van der Waals surface area contributed by atoms with Crippen molar-refractivity contribution in [2.24, 2.45) is 0 Å². The quantitative estimate of drug-likeness (QED) is 0.406. The summed E-state index contributed by atoms with van der Waals surface area (Å²) in [6, 6.07) is 5.67. The third-order valence-electron chi connectivity index (χ3n) is 1.32. The fourth-order valence-electron chi connectivity index (χ4n) is 0.750. The lowest BCUT2D eigenvalue weighted by Gasteiger charge is -2.00. The molecule has 0 saturated carbocycles. The first-order valence-corrected chi connectivity index (χ1v) is 3.78. The Balaban J connectivity index is 2.64. The maximum absolute atomic E-state index is 10.3. The second kappa shape index (κ2) is 4.42. The highest BCUT2D eigenvalue weighted by molar-refractivity contribution is 5.35. The van der Waals surface area contributed by atoms with Crippen molar-refractivity contribution in [3.05, 3.63) is 34.4 Å². The van der Waals surface area contributed by atoms with Crippen LogP contribution < -0.4 is 4.89 Å². The Hall–Kier alpha value is -1.62. The Bertz CT molecular complexity index is 283. The van der Waals surface area contributed by atoms with Crippen LogP contribution in [0.25, 0.3) is 0 Å². The topological polar surface area (TPSA) is 61.6 Å². The van der Waals surface area contributed by atoms with Gasteiger partial charge in [0.05, 0.1) is 11.5 Å². The number of rotatable bonds is 4. The van der Waals surface area contributed by atoms with E-state index in [1.165, 1.54) is 24.3 Å². The highest BCUT2D eigenvalue weighted by Gasteiger charge is 2.04. The minimum atomic E-state index is -0.468. The molecule has 1 aromatic carbocycles. The maximum atomic E-state index is 10.3. The van der Waals surface area contributed by atoms with E-state index < -0.39 is 4.92 Å². The van der Waals surface area contributed by atoms with Gasteiger partial charge >= 0.3 is 0 Å². The summed E-state index contributed by atoms with van der Waals surface area (Å²) in [6.45, 7) is 2.21. The second-order valence-electron chi connectivity index (χ2n) is 2.24. The molecule has 1 aromatic rings. The number of nitro benzene ring substituents is 1. The van der Waals surface area contributed by atoms with Gasteiger partial charge in [-0.05, 0) is 19.1 Å². The lowest BCUT2D eigenvalue weighted by atomic mass is 10.3. The van der Waals surface area contributed by atoms with Crippen molar-refractivity contribution in [1.29, 1.82) is 0 Å². The zero-order valence-corrected chi connectivity index (χ0v) is 7.10. The highest BCUT2D eigenvalue weighted by Crippen LogP contribution is 2.17. The molecule has 0 aromatic heterocycles. The van der Waals surface area contributed by atoms with Crippen LogP contribution in [0.15, 0.2) is 24.3 Å². The molecule has 13 heavy (non-hydrogen) atoms. The molecular weight excluding hydrogens is 174 g/mol. The van der Waals surface area contributed by atoms with Crippen molar-refractivity contribution < 1.29 is 14.7 Å². The lowest BCUT2D eigenvalue weighted by molar-refractivity contribution is -0.384. The summed E-state index contributed by atoms with van der Waals surface area (Å²) in [4.78, 5) is 19.2. The fourth-order valence-corrected chi connectivity index (χ4v) is 0.750. The maximum Gasteiger partial charge on any atom is 0.269 e. The van der Waals surface area contributed by atoms with Crippen molar-refractivity contribution in [1.82, 2.24) is 0 Å². The SMILES string of the molecule is CCOOc1ccc([N+](=O)[O-])cc1. The summed E-state index contributed by atoms with van der Waals surface area (Å²) in [5.74, 6) is 0.451. The Morgan fingerprint density at radius 2 is 2.00 bits per heavy atom. The summed E-state index contributed by atoms with van der Waals surface area (Å²) in [5, 5.41) is 10.3. The van der Waals surface area contributed by atoms with Gasteiger partial charge in [-0.1, -0.05) is 0 Å². The number of nitrogens with zero attached hydrogens (tertiary/aromatic N) is 1. The molecule has 5 heteroatoms. The minimum Gasteiger partial charge on any atom is -0.338 e. The summed E-state index contributed by atoms with van der Waals surface area (Å²) in [7, 11) is 0. The van der Waals surface area contributed by atoms with Gasteiger partial charge in [-0.15, -0.1) is 0 Å². The molecular formula is C8H9NO4. The van der Waals surface area contributed by atoms with Gasteiger partial charge in [0.2, 0.25) is 0 Å². The van der Waals surface area contributed by atoms with Crippen LogP contribution in [0.4, 0.5) is 5.69 Å². The molecule has 0 amide bonds. The molecule has 0 fully saturated rings. The molecule has 0 saturated heterocycles. The summed E-state index contributed by atoms with van der Waals surface area (Å²) >= 11 is 0. The normalized spacial score (nSPS) is 9.62. The third kappa shape index (κ3) is 2.72. The van der Waals surface area contributed by atoms with E-state index >= 15 is 0 Å². The van der Waals surface area contributed by atoms with Gasteiger partial charge in [-0.2, -0.15) is 4.89 Å². The molecule has 0 atom stereocenters. The first-order valence-electron chi connectivity index (χ1n) is 3.78. The molecule has 0 aliphatic carbocycles. The Labute approximate surface area is 75.0 Å². The number of hydrogen-bond acceptors (Lipinski definition) is 4. The molecule has 0 N–H and O–H groups in total. The van der Waals surface area contributed by atoms with Crippen molar-refractivity contribution in [2.45, 2.75) is 6.92 Å². The van der Waals surface area contributed by atoms with Gasteiger partial charge in [0.25, 0.3) is 5.69 Å². The predicted octanol–water partition coefficient (Wildman–Crippen LogP) is 1.93. The van der Waals surface area contributed by atoms with E-state index in [0.29, 0.717) is 12.4 Å². The van der Waals surface area contributed by atoms with E-state index in [1.54, 1.807) is 6.92 Å². The Morgan fingerprint density at radius 1 is 1.38 bits per heavy atom. The monoisotopic (exact) mass is 183 g/mol. The van der Waals surface area contributed by atoms with Crippen molar-refractivity contribution >= 4 is 5.69 Å². The van der Waals surface area contributed by atoms with Crippen molar-refractivity contribution in [2.75, 3.05) is 6.61 Å². The van der Waals surface area contributed by atoms with E-state index in [1.807, 2.05) is 0 Å². The second-order valence-corrected chi connectivity index (χ2v) is 2.24. The van der Waals surface area contributed by atoms with Gasteiger partial charge in [0, 0.05) is 12.1 Å². The molecule has 0 spiro atoms. The summed E-state index contributed by atoms with van der Waals surface area (Å²) < 4.78 is 0. The van der Waals surface area contributed by atoms with E-state index in [9.17, 15) is 10.1 Å². The van der Waals surface area contributed by atoms with Gasteiger partial charge in [-0.3, -0.25) is 10.1 Å². The standard InChI is InChI=1S/C8H9NO4/c1-2-12-13-8-5-3-7(4-6-8)9(10)11/h3-6H,2H2,1H3. The molecule has 70 valence electrons. The van der Waals surface area contributed by atoms with Crippen molar-refractivity contribution in [3.8, 4) is 5.75 Å². The van der Waals surface area contributed by atoms with E-state index in [0.717, 1.165) is 0 Å². The number of hydrogen-bond donors (Lipinski definition) is 0. The van der Waals surface area contributed by atoms with Crippen LogP contribution >= 0.6 is 0 Å². The lowest BCUT2D eigenvalue weighted by Crippen LogP contribution is -1.95. The smallest absolute Gasteiger partial charge is 0.269 e. The van der Waals surface area contributed by atoms with Crippen LogP contribution in [0, 0.1) is 10.1 Å². The average Bonchev–Trinajstić information content (AvgIpc) is 2.15. The summed E-state index contributed by atoms with van der Waals surface area (Å²) in [5.41, 5.74) is 0.0313. The average molecular weight is 183 g/mol. The third-order valence-corrected chi connectivity index (χ3v) is 1.32. The van der Waals surface area contributed by atoms with Crippen LogP contribution in [0.1, 0.15) is 6.92 Å². The molecule has 0 heterocycles. The van der Waals surface area contributed by atoms with Gasteiger partial charge in [-0.25, -0.2) is 0 Å². The van der Waals surface area contributed by atoms with Gasteiger partial charge < -0.3 is 4.89 Å². The van der Waals surface area contributed by atoms with Gasteiger partial charge in [0.15, 0.2) is 5.75 Å². The van der Waals surface area contributed by atoms with Gasteiger partial charge in [0.1, 0.15) is 0 Å². The number of benzene rings is 1. The molecule has 1 rings (SSSR count). The zero-order valence-electron chi connectivity index (χ0n) is 7.10. The molecule has 0 aliphatic rings. The zero-order chi connectivity index (χ0) is 9.68. The van der Waals surface area contributed by atoms with E-state index in [4.69, 9.17) is 4.89 Å². The van der Waals surface area contributed by atoms with Crippen LogP contribution in [-0.4, -0.2) is 11.5 Å². The van der Waals surface area contributed by atoms with Crippen LogP contribution in [0.3, 0.4) is 0 Å². The van der Waals surface area contributed by atoms with E-state index in [2.05, 4.69) is 4.89 Å². The molecule has 0 unspecified atom stereocenters.